The van der Waals surface area contributed by atoms with E-state index in [4.69, 9.17) is 18.0 Å². The van der Waals surface area contributed by atoms with Crippen molar-refractivity contribution in [1.82, 2.24) is 0 Å². The smallest absolute Gasteiger partial charge is 0.335 e. The molecule has 2 N–H and O–H groups in total. The van der Waals surface area contributed by atoms with E-state index in [1.54, 1.807) is 32.9 Å². The van der Waals surface area contributed by atoms with Gasteiger partial charge in [0.2, 0.25) is 0 Å². The van der Waals surface area contributed by atoms with Crippen LogP contribution in [0.25, 0.3) is 0 Å². The van der Waals surface area contributed by atoms with Crippen molar-refractivity contribution in [3.05, 3.63) is 29.3 Å². The highest BCUT2D eigenvalue weighted by Crippen LogP contribution is 2.27. The van der Waals surface area contributed by atoms with Crippen LogP contribution in [0.15, 0.2) is 18.2 Å². The number of nitrogens with one attached hydrogen (secondary N) is 1. The molecular weight excluding hydrogens is 253 g/mol. The number of hydrogen-bond acceptors (Lipinski definition) is 4. The van der Waals surface area contributed by atoms with Crippen molar-refractivity contribution >= 4 is 25.0 Å². The van der Waals surface area contributed by atoms with E-state index >= 15 is 0 Å². The van der Waals surface area contributed by atoms with Crippen molar-refractivity contribution < 1.29 is 14.6 Å². The molecule has 1 aromatic rings. The fourth-order valence-corrected chi connectivity index (χ4v) is 1.82. The normalized spacial score (nSPS) is 12.8. The molecule has 4 nitrogen and oxygen atoms in total. The van der Waals surface area contributed by atoms with Gasteiger partial charge in [-0.05, 0) is 19.4 Å². The van der Waals surface area contributed by atoms with E-state index in [9.17, 15) is 9.90 Å². The molecule has 0 heterocycles. The second kappa shape index (κ2) is 6.22. The lowest BCUT2D eigenvalue weighted by Gasteiger charge is -2.30. The van der Waals surface area contributed by atoms with E-state index in [0.717, 1.165) is 5.56 Å². The van der Waals surface area contributed by atoms with Crippen molar-refractivity contribution in [2.75, 3.05) is 6.61 Å². The summed E-state index contributed by atoms with van der Waals surface area (Å²) in [6.07, 6.45) is -1.39. The Bertz CT molecular complexity index is 526. The standard InChI is InChI=1S/C15H20BNO3/c1-5-20-14(19)13(18)15(3,4)12(17)10-7-6-9(2)11(16)8-10/h6-8,13,17-18H,5H2,1-4H3. The third kappa shape index (κ3) is 3.28. The van der Waals surface area contributed by atoms with Crippen LogP contribution < -0.4 is 5.46 Å². The molecule has 1 atom stereocenters. The first-order valence-electron chi connectivity index (χ1n) is 6.52. The van der Waals surface area contributed by atoms with Gasteiger partial charge in [-0.3, -0.25) is 0 Å². The number of aliphatic hydroxyl groups is 1. The lowest BCUT2D eigenvalue weighted by molar-refractivity contribution is -0.157. The quantitative estimate of drug-likeness (QED) is 0.479. The molecule has 5 heteroatoms. The maximum atomic E-state index is 11.7. The zero-order chi connectivity index (χ0) is 15.5. The van der Waals surface area contributed by atoms with Gasteiger partial charge in [0.05, 0.1) is 6.61 Å². The summed E-state index contributed by atoms with van der Waals surface area (Å²) in [4.78, 5) is 11.7. The van der Waals surface area contributed by atoms with Crippen molar-refractivity contribution in [1.29, 1.82) is 5.41 Å². The first-order chi connectivity index (χ1) is 9.21. The Labute approximate surface area is 121 Å². The van der Waals surface area contributed by atoms with Crippen LogP contribution in [0.5, 0.6) is 0 Å². The maximum absolute atomic E-state index is 11.7. The highest BCUT2D eigenvalue weighted by atomic mass is 16.5. The van der Waals surface area contributed by atoms with Gasteiger partial charge in [-0.15, -0.1) is 0 Å². The minimum Gasteiger partial charge on any atom is -0.464 e. The second-order valence-electron chi connectivity index (χ2n) is 5.32. The minimum absolute atomic E-state index is 0.143. The molecule has 0 aromatic heterocycles. The van der Waals surface area contributed by atoms with Gasteiger partial charge in [-0.2, -0.15) is 0 Å². The molecule has 0 aliphatic heterocycles. The highest BCUT2D eigenvalue weighted by Gasteiger charge is 2.39. The zero-order valence-electron chi connectivity index (χ0n) is 12.4. The fraction of sp³-hybridized carbons (Fsp3) is 0.467. The predicted molar refractivity (Wildman–Crippen MR) is 79.8 cm³/mol. The third-order valence-electron chi connectivity index (χ3n) is 3.41. The van der Waals surface area contributed by atoms with Gasteiger partial charge >= 0.3 is 5.97 Å². The van der Waals surface area contributed by atoms with Gasteiger partial charge in [0.25, 0.3) is 0 Å². The number of rotatable bonds is 5. The number of esters is 1. The van der Waals surface area contributed by atoms with Gasteiger partial charge in [0.1, 0.15) is 7.85 Å². The number of ether oxygens (including phenoxy) is 1. The maximum Gasteiger partial charge on any atom is 0.335 e. The van der Waals surface area contributed by atoms with E-state index in [-0.39, 0.29) is 12.3 Å². The Balaban J connectivity index is 3.04. The summed E-state index contributed by atoms with van der Waals surface area (Å²) < 4.78 is 4.81. The molecule has 0 bridgehead atoms. The molecule has 0 amide bonds. The first kappa shape index (κ1) is 16.4. The molecule has 0 saturated heterocycles. The molecule has 0 saturated carbocycles. The summed E-state index contributed by atoms with van der Waals surface area (Å²) in [6.45, 7) is 7.00. The third-order valence-corrected chi connectivity index (χ3v) is 3.41. The Morgan fingerprint density at radius 3 is 2.60 bits per heavy atom. The van der Waals surface area contributed by atoms with E-state index in [1.165, 1.54) is 0 Å². The molecule has 0 aliphatic rings. The zero-order valence-corrected chi connectivity index (χ0v) is 12.4. The van der Waals surface area contributed by atoms with Crippen LogP contribution in [0, 0.1) is 17.7 Å². The average molecular weight is 273 g/mol. The number of aliphatic hydroxyl groups excluding tert-OH is 1. The predicted octanol–water partition coefficient (Wildman–Crippen LogP) is 1.11. The van der Waals surface area contributed by atoms with E-state index in [2.05, 4.69) is 0 Å². The van der Waals surface area contributed by atoms with Gasteiger partial charge in [-0.25, -0.2) is 4.79 Å². The summed E-state index contributed by atoms with van der Waals surface area (Å²) in [5.74, 6) is -0.720. The van der Waals surface area contributed by atoms with E-state index < -0.39 is 17.5 Å². The lowest BCUT2D eigenvalue weighted by Crippen LogP contribution is -2.43. The SMILES string of the molecule is [B]c1cc(C(=N)C(C)(C)C(O)C(=O)OCC)ccc1C. The molecule has 0 aliphatic carbocycles. The van der Waals surface area contributed by atoms with Crippen LogP contribution in [-0.2, 0) is 9.53 Å². The average Bonchev–Trinajstić information content (AvgIpc) is 2.40. The van der Waals surface area contributed by atoms with Crippen LogP contribution in [-0.4, -0.2) is 37.3 Å². The van der Waals surface area contributed by atoms with Crippen molar-refractivity contribution in [2.24, 2.45) is 5.41 Å². The number of carbonyl (C=O) groups is 1. The molecule has 1 aromatic carbocycles. The number of carbonyl (C=O) groups excluding carboxylic acids is 1. The van der Waals surface area contributed by atoms with Gasteiger partial charge < -0.3 is 15.3 Å². The van der Waals surface area contributed by atoms with Crippen molar-refractivity contribution in [3.63, 3.8) is 0 Å². The molecule has 0 fully saturated rings. The first-order valence-corrected chi connectivity index (χ1v) is 6.52. The Morgan fingerprint density at radius 2 is 2.10 bits per heavy atom. The lowest BCUT2D eigenvalue weighted by atomic mass is 9.77. The van der Waals surface area contributed by atoms with Crippen LogP contribution in [0.3, 0.4) is 0 Å². The van der Waals surface area contributed by atoms with Gasteiger partial charge in [-0.1, -0.05) is 43.1 Å². The van der Waals surface area contributed by atoms with E-state index in [0.29, 0.717) is 11.0 Å². The van der Waals surface area contributed by atoms with Crippen LogP contribution in [0.1, 0.15) is 31.9 Å². The van der Waals surface area contributed by atoms with Crippen molar-refractivity contribution in [2.45, 2.75) is 33.8 Å². The fourth-order valence-electron chi connectivity index (χ4n) is 1.82. The number of hydrogen-bond donors (Lipinski definition) is 2. The molecule has 106 valence electrons. The van der Waals surface area contributed by atoms with Gasteiger partial charge in [0.15, 0.2) is 6.10 Å². The van der Waals surface area contributed by atoms with Gasteiger partial charge in [0, 0.05) is 11.1 Å². The summed E-state index contributed by atoms with van der Waals surface area (Å²) >= 11 is 0. The number of aryl methyl sites for hydroxylation is 1. The molecule has 1 rings (SSSR count). The Kier molecular flexibility index (Phi) is 5.12. The second-order valence-corrected chi connectivity index (χ2v) is 5.32. The molecule has 1 unspecified atom stereocenters. The Morgan fingerprint density at radius 1 is 1.50 bits per heavy atom. The molecule has 2 radical (unpaired) electrons. The number of benzene rings is 1. The summed E-state index contributed by atoms with van der Waals surface area (Å²) in [6, 6.07) is 5.25. The molecule has 20 heavy (non-hydrogen) atoms. The van der Waals surface area contributed by atoms with Crippen LogP contribution >= 0.6 is 0 Å². The summed E-state index contributed by atoms with van der Waals surface area (Å²) in [5.41, 5.74) is 1.17. The monoisotopic (exact) mass is 273 g/mol. The topological polar surface area (TPSA) is 70.4 Å². The highest BCUT2D eigenvalue weighted by molar-refractivity contribution is 6.33. The molecular formula is C15H20BNO3. The summed E-state index contributed by atoms with van der Waals surface area (Å²) in [5, 5.41) is 18.3. The minimum atomic E-state index is -1.39. The largest absolute Gasteiger partial charge is 0.464 e. The molecule has 0 spiro atoms. The van der Waals surface area contributed by atoms with Crippen LogP contribution in [0.4, 0.5) is 0 Å². The summed E-state index contributed by atoms with van der Waals surface area (Å²) in [7, 11) is 5.83. The Hall–Kier alpha value is -1.62. The van der Waals surface area contributed by atoms with Crippen LogP contribution in [0.2, 0.25) is 0 Å². The van der Waals surface area contributed by atoms with E-state index in [1.807, 2.05) is 13.0 Å². The van der Waals surface area contributed by atoms with Crippen molar-refractivity contribution in [3.8, 4) is 0 Å².